The molecule has 3 aromatic rings. The van der Waals surface area contributed by atoms with Crippen molar-refractivity contribution in [2.45, 2.75) is 78.0 Å². The van der Waals surface area contributed by atoms with Gasteiger partial charge >= 0.3 is 0 Å². The van der Waals surface area contributed by atoms with E-state index >= 15 is 0 Å². The molecular formula is C32H38N2O3. The van der Waals surface area contributed by atoms with E-state index in [-0.39, 0.29) is 17.9 Å². The molecule has 0 aromatic heterocycles. The first-order chi connectivity index (χ1) is 18.0. The molecule has 0 aliphatic carbocycles. The van der Waals surface area contributed by atoms with Gasteiger partial charge in [-0.2, -0.15) is 0 Å². The zero-order valence-electron chi connectivity index (χ0n) is 22.2. The lowest BCUT2D eigenvalue weighted by Crippen LogP contribution is -2.50. The SMILES string of the molecule is CCCCCc1ccc(NC(=O)[C@@H]2Cc3ccccc3CN2C(=O)c2cccc(O[C@H](C)CC)c2)cc1. The summed E-state index contributed by atoms with van der Waals surface area (Å²) >= 11 is 0. The Morgan fingerprint density at radius 1 is 0.973 bits per heavy atom. The van der Waals surface area contributed by atoms with E-state index in [9.17, 15) is 9.59 Å². The van der Waals surface area contributed by atoms with Gasteiger partial charge in [0.05, 0.1) is 6.10 Å². The maximum atomic E-state index is 13.7. The minimum absolute atomic E-state index is 0.0591. The molecule has 1 aliphatic rings. The number of ether oxygens (including phenoxy) is 1. The van der Waals surface area contributed by atoms with Gasteiger partial charge in [0.1, 0.15) is 11.8 Å². The molecule has 0 unspecified atom stereocenters. The van der Waals surface area contributed by atoms with Gasteiger partial charge in [0.15, 0.2) is 0 Å². The normalized spacial score (nSPS) is 15.5. The number of hydrogen-bond donors (Lipinski definition) is 1. The van der Waals surface area contributed by atoms with Crippen LogP contribution >= 0.6 is 0 Å². The fraction of sp³-hybridized carbons (Fsp3) is 0.375. The van der Waals surface area contributed by atoms with Gasteiger partial charge in [-0.15, -0.1) is 0 Å². The van der Waals surface area contributed by atoms with Crippen molar-refractivity contribution in [2.75, 3.05) is 5.32 Å². The summed E-state index contributed by atoms with van der Waals surface area (Å²) < 4.78 is 5.94. The zero-order chi connectivity index (χ0) is 26.2. The molecule has 37 heavy (non-hydrogen) atoms. The van der Waals surface area contributed by atoms with Crippen molar-refractivity contribution in [2.24, 2.45) is 0 Å². The summed E-state index contributed by atoms with van der Waals surface area (Å²) in [5, 5.41) is 3.06. The molecule has 0 saturated heterocycles. The smallest absolute Gasteiger partial charge is 0.254 e. The van der Waals surface area contributed by atoms with Gasteiger partial charge in [-0.25, -0.2) is 0 Å². The van der Waals surface area contributed by atoms with Crippen LogP contribution in [-0.4, -0.2) is 28.9 Å². The molecule has 1 heterocycles. The average Bonchev–Trinajstić information content (AvgIpc) is 2.93. The third-order valence-corrected chi connectivity index (χ3v) is 7.10. The molecule has 1 aliphatic heterocycles. The van der Waals surface area contributed by atoms with Crippen LogP contribution in [0.4, 0.5) is 5.69 Å². The van der Waals surface area contributed by atoms with Crippen LogP contribution in [0.1, 0.15) is 73.5 Å². The Morgan fingerprint density at radius 2 is 1.73 bits per heavy atom. The number of benzene rings is 3. The Balaban J connectivity index is 1.54. The van der Waals surface area contributed by atoms with Crippen molar-refractivity contribution < 1.29 is 14.3 Å². The molecule has 0 saturated carbocycles. The van der Waals surface area contributed by atoms with E-state index in [4.69, 9.17) is 4.74 Å². The number of nitrogens with one attached hydrogen (secondary N) is 1. The van der Waals surface area contributed by atoms with Gasteiger partial charge in [0.2, 0.25) is 5.91 Å². The third kappa shape index (κ3) is 6.79. The van der Waals surface area contributed by atoms with Crippen LogP contribution in [0.15, 0.2) is 72.8 Å². The highest BCUT2D eigenvalue weighted by Crippen LogP contribution is 2.27. The highest BCUT2D eigenvalue weighted by molar-refractivity contribution is 6.01. The molecule has 0 fully saturated rings. The predicted molar refractivity (Wildman–Crippen MR) is 149 cm³/mol. The van der Waals surface area contributed by atoms with E-state index < -0.39 is 6.04 Å². The Labute approximate surface area is 220 Å². The number of hydrogen-bond acceptors (Lipinski definition) is 3. The summed E-state index contributed by atoms with van der Waals surface area (Å²) in [4.78, 5) is 29.0. The molecule has 4 rings (SSSR count). The number of fused-ring (bicyclic) bond motifs is 1. The van der Waals surface area contributed by atoms with Gasteiger partial charge in [-0.3, -0.25) is 9.59 Å². The molecule has 0 bridgehead atoms. The molecule has 2 amide bonds. The monoisotopic (exact) mass is 498 g/mol. The number of carbonyl (C=O) groups is 2. The van der Waals surface area contributed by atoms with Crippen LogP contribution in [0.2, 0.25) is 0 Å². The second-order valence-corrected chi connectivity index (χ2v) is 9.93. The Bertz CT molecular complexity index is 1200. The van der Waals surface area contributed by atoms with Crippen LogP contribution in [0.3, 0.4) is 0 Å². The second kappa shape index (κ2) is 12.6. The fourth-order valence-corrected chi connectivity index (χ4v) is 4.71. The molecule has 1 N–H and O–H groups in total. The van der Waals surface area contributed by atoms with Crippen molar-refractivity contribution in [3.63, 3.8) is 0 Å². The largest absolute Gasteiger partial charge is 0.491 e. The first kappa shape index (κ1) is 26.5. The number of rotatable bonds is 10. The number of carbonyl (C=O) groups excluding carboxylic acids is 2. The molecule has 3 aromatic carbocycles. The quantitative estimate of drug-likeness (QED) is 0.313. The highest BCUT2D eigenvalue weighted by atomic mass is 16.5. The molecule has 0 spiro atoms. The number of nitrogens with zero attached hydrogens (tertiary/aromatic N) is 1. The van der Waals surface area contributed by atoms with Crippen molar-refractivity contribution in [1.82, 2.24) is 4.90 Å². The summed E-state index contributed by atoms with van der Waals surface area (Å²) in [5.41, 5.74) is 4.72. The minimum Gasteiger partial charge on any atom is -0.491 e. The van der Waals surface area contributed by atoms with Crippen LogP contribution in [-0.2, 0) is 24.2 Å². The number of unbranched alkanes of at least 4 members (excludes halogenated alkanes) is 2. The van der Waals surface area contributed by atoms with Crippen molar-refractivity contribution in [1.29, 1.82) is 0 Å². The van der Waals surface area contributed by atoms with Gasteiger partial charge in [-0.1, -0.05) is 69.2 Å². The second-order valence-electron chi connectivity index (χ2n) is 9.93. The van der Waals surface area contributed by atoms with Crippen molar-refractivity contribution in [3.8, 4) is 5.75 Å². The first-order valence-corrected chi connectivity index (χ1v) is 13.5. The molecule has 2 atom stereocenters. The van der Waals surface area contributed by atoms with E-state index in [1.54, 1.807) is 17.0 Å². The third-order valence-electron chi connectivity index (χ3n) is 7.10. The summed E-state index contributed by atoms with van der Waals surface area (Å²) in [6, 6.07) is 22.8. The lowest BCUT2D eigenvalue weighted by Gasteiger charge is -2.36. The van der Waals surface area contributed by atoms with Crippen LogP contribution in [0.25, 0.3) is 0 Å². The number of aryl methyl sites for hydroxylation is 1. The standard InChI is InChI=1S/C32H38N2O3/c1-4-6-7-11-24-16-18-28(19-17-24)33-31(35)30-21-25-12-8-9-13-27(25)22-34(30)32(36)26-14-10-15-29(20-26)37-23(3)5-2/h8-10,12-20,23,30H,4-7,11,21-22H2,1-3H3,(H,33,35)/t23-,30+/m1/s1. The summed E-state index contributed by atoms with van der Waals surface area (Å²) in [5.74, 6) is 0.321. The molecule has 5 nitrogen and oxygen atoms in total. The highest BCUT2D eigenvalue weighted by Gasteiger charge is 2.35. The van der Waals surface area contributed by atoms with Crippen molar-refractivity contribution >= 4 is 17.5 Å². The van der Waals surface area contributed by atoms with E-state index in [1.807, 2.05) is 55.5 Å². The topological polar surface area (TPSA) is 58.6 Å². The lowest BCUT2D eigenvalue weighted by atomic mass is 9.92. The van der Waals surface area contributed by atoms with Gasteiger partial charge < -0.3 is 15.0 Å². The first-order valence-electron chi connectivity index (χ1n) is 13.5. The maximum absolute atomic E-state index is 13.7. The minimum atomic E-state index is -0.606. The number of anilines is 1. The molecule has 0 radical (unpaired) electrons. The summed E-state index contributed by atoms with van der Waals surface area (Å²) in [6.45, 7) is 6.66. The molecule has 194 valence electrons. The van der Waals surface area contributed by atoms with E-state index in [0.29, 0.717) is 24.3 Å². The van der Waals surface area contributed by atoms with E-state index in [0.717, 1.165) is 29.7 Å². The van der Waals surface area contributed by atoms with E-state index in [2.05, 4.69) is 31.3 Å². The zero-order valence-corrected chi connectivity index (χ0v) is 22.2. The fourth-order valence-electron chi connectivity index (χ4n) is 4.71. The molecular weight excluding hydrogens is 460 g/mol. The molecule has 5 heteroatoms. The van der Waals surface area contributed by atoms with Crippen LogP contribution < -0.4 is 10.1 Å². The van der Waals surface area contributed by atoms with Gasteiger partial charge in [0, 0.05) is 24.2 Å². The lowest BCUT2D eigenvalue weighted by molar-refractivity contribution is -0.121. The van der Waals surface area contributed by atoms with Crippen LogP contribution in [0.5, 0.6) is 5.75 Å². The van der Waals surface area contributed by atoms with Crippen LogP contribution in [0, 0.1) is 0 Å². The number of amides is 2. The van der Waals surface area contributed by atoms with Gasteiger partial charge in [0.25, 0.3) is 5.91 Å². The predicted octanol–water partition coefficient (Wildman–Crippen LogP) is 6.80. The maximum Gasteiger partial charge on any atom is 0.254 e. The summed E-state index contributed by atoms with van der Waals surface area (Å²) in [7, 11) is 0. The van der Waals surface area contributed by atoms with Gasteiger partial charge in [-0.05, 0) is 73.2 Å². The summed E-state index contributed by atoms with van der Waals surface area (Å²) in [6.07, 6.45) is 6.05. The average molecular weight is 499 g/mol. The van der Waals surface area contributed by atoms with E-state index in [1.165, 1.54) is 24.8 Å². The Hall–Kier alpha value is -3.60. The Kier molecular flexibility index (Phi) is 8.99. The van der Waals surface area contributed by atoms with Crippen molar-refractivity contribution in [3.05, 3.63) is 95.1 Å². The Morgan fingerprint density at radius 3 is 2.46 bits per heavy atom.